The third kappa shape index (κ3) is 4.76. The summed E-state index contributed by atoms with van der Waals surface area (Å²) in [6, 6.07) is 68.8. The van der Waals surface area contributed by atoms with Crippen LogP contribution in [0.25, 0.3) is 74.7 Å². The Morgan fingerprint density at radius 3 is 1.84 bits per heavy atom. The van der Waals surface area contributed by atoms with E-state index in [4.69, 9.17) is 0 Å². The van der Waals surface area contributed by atoms with Crippen LogP contribution in [-0.2, 0) is 0 Å². The van der Waals surface area contributed by atoms with Gasteiger partial charge in [-0.1, -0.05) is 140 Å². The molecule has 1 aromatic heterocycles. The maximum absolute atomic E-state index is 2.45. The summed E-state index contributed by atoms with van der Waals surface area (Å²) in [5, 5.41) is 10.1. The van der Waals surface area contributed by atoms with Gasteiger partial charge in [-0.2, -0.15) is 0 Å². The van der Waals surface area contributed by atoms with Crippen LogP contribution >= 0.6 is 11.3 Å². The Kier molecular flexibility index (Phi) is 6.75. The van der Waals surface area contributed by atoms with Crippen molar-refractivity contribution >= 4 is 80.9 Å². The van der Waals surface area contributed by atoms with Crippen LogP contribution in [0.1, 0.15) is 0 Å². The van der Waals surface area contributed by atoms with Crippen molar-refractivity contribution < 1.29 is 0 Å². The predicted molar refractivity (Wildman–Crippen MR) is 217 cm³/mol. The number of thiophene rings is 1. The highest BCUT2D eigenvalue weighted by Crippen LogP contribution is 2.46. The molecule has 10 aromatic rings. The number of benzene rings is 9. The molecule has 2 heteroatoms. The number of anilines is 3. The van der Waals surface area contributed by atoms with Crippen molar-refractivity contribution in [1.29, 1.82) is 0 Å². The molecule has 0 aliphatic rings. The Hall–Kier alpha value is -6.22. The van der Waals surface area contributed by atoms with Gasteiger partial charge in [0.15, 0.2) is 0 Å². The van der Waals surface area contributed by atoms with Gasteiger partial charge in [0.25, 0.3) is 0 Å². The Balaban J connectivity index is 1.17. The topological polar surface area (TPSA) is 3.24 Å². The second-order valence-corrected chi connectivity index (χ2v) is 14.0. The van der Waals surface area contributed by atoms with Gasteiger partial charge < -0.3 is 4.90 Å². The summed E-state index contributed by atoms with van der Waals surface area (Å²) >= 11 is 1.86. The monoisotopic (exact) mass is 653 g/mol. The van der Waals surface area contributed by atoms with Crippen LogP contribution in [0.4, 0.5) is 17.1 Å². The van der Waals surface area contributed by atoms with E-state index in [2.05, 4.69) is 193 Å². The van der Waals surface area contributed by atoms with Crippen LogP contribution < -0.4 is 4.90 Å². The summed E-state index contributed by atoms with van der Waals surface area (Å²) < 4.78 is 2.60. The Morgan fingerprint density at radius 1 is 0.340 bits per heavy atom. The van der Waals surface area contributed by atoms with Crippen molar-refractivity contribution in [2.45, 2.75) is 0 Å². The lowest BCUT2D eigenvalue weighted by Gasteiger charge is -2.27. The van der Waals surface area contributed by atoms with Gasteiger partial charge in [0, 0.05) is 31.5 Å². The van der Waals surface area contributed by atoms with E-state index < -0.39 is 0 Å². The van der Waals surface area contributed by atoms with E-state index in [1.54, 1.807) is 0 Å². The quantitative estimate of drug-likeness (QED) is 0.167. The van der Waals surface area contributed by atoms with E-state index in [9.17, 15) is 0 Å². The molecule has 0 spiro atoms. The Bertz CT molecular complexity index is 2890. The van der Waals surface area contributed by atoms with Crippen LogP contribution in [-0.4, -0.2) is 0 Å². The summed E-state index contributed by atoms with van der Waals surface area (Å²) in [6.45, 7) is 0. The predicted octanol–water partition coefficient (Wildman–Crippen LogP) is 14.3. The third-order valence-corrected chi connectivity index (χ3v) is 11.1. The third-order valence-electron chi connectivity index (χ3n) is 10.0. The van der Waals surface area contributed by atoms with Gasteiger partial charge >= 0.3 is 0 Å². The van der Waals surface area contributed by atoms with E-state index >= 15 is 0 Å². The lowest BCUT2D eigenvalue weighted by Crippen LogP contribution is -2.10. The first-order chi connectivity index (χ1) is 24.8. The molecule has 0 fully saturated rings. The average Bonchev–Trinajstić information content (AvgIpc) is 3.57. The molecule has 234 valence electrons. The maximum Gasteiger partial charge on any atom is 0.0554 e. The first kappa shape index (κ1) is 28.8. The molecule has 0 saturated heterocycles. The van der Waals surface area contributed by atoms with Crippen LogP contribution in [0.3, 0.4) is 0 Å². The van der Waals surface area contributed by atoms with Gasteiger partial charge in [0.05, 0.1) is 5.69 Å². The molecule has 0 saturated carbocycles. The Labute approximate surface area is 294 Å². The highest BCUT2D eigenvalue weighted by atomic mass is 32.1. The van der Waals surface area contributed by atoms with E-state index in [-0.39, 0.29) is 0 Å². The van der Waals surface area contributed by atoms with Crippen molar-refractivity contribution in [3.05, 3.63) is 188 Å². The lowest BCUT2D eigenvalue weighted by atomic mass is 9.95. The highest BCUT2D eigenvalue weighted by molar-refractivity contribution is 7.26. The lowest BCUT2D eigenvalue weighted by molar-refractivity contribution is 1.31. The highest BCUT2D eigenvalue weighted by Gasteiger charge is 2.19. The van der Waals surface area contributed by atoms with Crippen molar-refractivity contribution in [1.82, 2.24) is 0 Å². The maximum atomic E-state index is 2.45. The molecular weight excluding hydrogens is 623 g/mol. The van der Waals surface area contributed by atoms with Gasteiger partial charge in [-0.05, 0) is 103 Å². The zero-order valence-corrected chi connectivity index (χ0v) is 28.1. The molecule has 0 N–H and O–H groups in total. The molecular formula is C48H31NS. The molecule has 10 rings (SSSR count). The molecule has 50 heavy (non-hydrogen) atoms. The summed E-state index contributed by atoms with van der Waals surface area (Å²) in [6.07, 6.45) is 0. The largest absolute Gasteiger partial charge is 0.310 e. The molecule has 0 unspecified atom stereocenters. The van der Waals surface area contributed by atoms with Crippen LogP contribution in [0.5, 0.6) is 0 Å². The fourth-order valence-electron chi connectivity index (χ4n) is 7.68. The molecule has 1 nitrogen and oxygen atoms in total. The Morgan fingerprint density at radius 2 is 0.940 bits per heavy atom. The van der Waals surface area contributed by atoms with Gasteiger partial charge in [-0.25, -0.2) is 0 Å². The molecule has 9 aromatic carbocycles. The zero-order valence-electron chi connectivity index (χ0n) is 27.3. The second kappa shape index (κ2) is 11.7. The fourth-order valence-corrected chi connectivity index (χ4v) is 8.80. The van der Waals surface area contributed by atoms with Gasteiger partial charge in [0.2, 0.25) is 0 Å². The number of hydrogen-bond donors (Lipinski definition) is 0. The summed E-state index contributed by atoms with van der Waals surface area (Å²) in [5.41, 5.74) is 8.30. The van der Waals surface area contributed by atoms with Crippen molar-refractivity contribution in [3.8, 4) is 22.3 Å². The van der Waals surface area contributed by atoms with E-state index in [0.717, 1.165) is 11.4 Å². The van der Waals surface area contributed by atoms with Crippen LogP contribution in [0.2, 0.25) is 0 Å². The summed E-state index contributed by atoms with van der Waals surface area (Å²) in [7, 11) is 0. The van der Waals surface area contributed by atoms with Crippen molar-refractivity contribution in [3.63, 3.8) is 0 Å². The molecule has 0 amide bonds. The fraction of sp³-hybridized carbons (Fsp3) is 0. The van der Waals surface area contributed by atoms with Crippen LogP contribution in [0, 0.1) is 0 Å². The molecule has 1 heterocycles. The average molecular weight is 654 g/mol. The van der Waals surface area contributed by atoms with E-state index in [0.29, 0.717) is 0 Å². The first-order valence-electron chi connectivity index (χ1n) is 17.1. The van der Waals surface area contributed by atoms with Crippen molar-refractivity contribution in [2.75, 3.05) is 4.90 Å². The molecule has 0 atom stereocenters. The molecule has 0 bridgehead atoms. The molecule has 0 aliphatic heterocycles. The second-order valence-electron chi connectivity index (χ2n) is 12.9. The summed E-state index contributed by atoms with van der Waals surface area (Å²) in [4.78, 5) is 2.45. The van der Waals surface area contributed by atoms with E-state index in [1.165, 1.54) is 80.4 Å². The minimum Gasteiger partial charge on any atom is -0.310 e. The first-order valence-corrected chi connectivity index (χ1v) is 17.9. The number of hydrogen-bond acceptors (Lipinski definition) is 2. The SMILES string of the molecule is c1cc(-c2cccc(N(c3ccc4c(ccc5ccccc54)c3)c3cccc4sc5ccccc5c34)c2)cc(-c2cccc3ccccc23)c1. The van der Waals surface area contributed by atoms with Crippen LogP contribution in [0.15, 0.2) is 188 Å². The smallest absolute Gasteiger partial charge is 0.0554 e. The minimum absolute atomic E-state index is 1.13. The number of fused-ring (bicyclic) bond motifs is 7. The molecule has 0 aliphatic carbocycles. The van der Waals surface area contributed by atoms with Gasteiger partial charge in [0.1, 0.15) is 0 Å². The zero-order chi connectivity index (χ0) is 33.0. The van der Waals surface area contributed by atoms with Gasteiger partial charge in [-0.3, -0.25) is 0 Å². The van der Waals surface area contributed by atoms with Gasteiger partial charge in [-0.15, -0.1) is 11.3 Å². The standard InChI is InChI=1S/C48H31NS/c1-3-18-40-32(11-1)13-9-21-42(40)36-16-7-14-34(29-36)35-15-8-17-38(30-35)49(45-22-10-24-47-48(45)44-20-5-6-23-46(44)50-47)39-27-28-43-37(31-39)26-25-33-12-2-4-19-41(33)43/h1-31H. The normalized spacial score (nSPS) is 11.6. The minimum atomic E-state index is 1.13. The van der Waals surface area contributed by atoms with E-state index in [1.807, 2.05) is 11.3 Å². The molecule has 0 radical (unpaired) electrons. The number of rotatable bonds is 5. The number of nitrogens with zero attached hydrogens (tertiary/aromatic N) is 1. The van der Waals surface area contributed by atoms with Crippen molar-refractivity contribution in [2.24, 2.45) is 0 Å². The summed E-state index contributed by atoms with van der Waals surface area (Å²) in [5.74, 6) is 0.